The summed E-state index contributed by atoms with van der Waals surface area (Å²) in [5.41, 5.74) is 0. The van der Waals surface area contributed by atoms with Gasteiger partial charge in [0.25, 0.3) is 0 Å². The van der Waals surface area contributed by atoms with E-state index >= 15 is 0 Å². The number of carbonyl (C=O) groups is 1. The summed E-state index contributed by atoms with van der Waals surface area (Å²) in [4.78, 5) is 19.0. The maximum Gasteiger partial charge on any atom is 0.183 e. The van der Waals surface area contributed by atoms with Gasteiger partial charge in [-0.1, -0.05) is 12.2 Å². The number of carbonyl (C=O) groups excluding carboxylic acids is 1. The van der Waals surface area contributed by atoms with Crippen LogP contribution in [0.2, 0.25) is 0 Å². The number of aldehydes is 1. The van der Waals surface area contributed by atoms with Crippen molar-refractivity contribution in [3.8, 4) is 0 Å². The van der Waals surface area contributed by atoms with E-state index in [1.54, 1.807) is 6.92 Å². The van der Waals surface area contributed by atoms with Gasteiger partial charge in [-0.05, 0) is 25.2 Å². The Labute approximate surface area is 104 Å². The van der Waals surface area contributed by atoms with E-state index in [9.17, 15) is 9.18 Å². The van der Waals surface area contributed by atoms with E-state index in [2.05, 4.69) is 27.4 Å². The van der Waals surface area contributed by atoms with E-state index < -0.39 is 5.82 Å². The second-order valence-corrected chi connectivity index (χ2v) is 4.95. The van der Waals surface area contributed by atoms with Gasteiger partial charge in [0.2, 0.25) is 0 Å². The fourth-order valence-corrected chi connectivity index (χ4v) is 2.96. The summed E-state index contributed by atoms with van der Waals surface area (Å²) in [6.45, 7) is 1.71. The van der Waals surface area contributed by atoms with Gasteiger partial charge in [-0.2, -0.15) is 0 Å². The molecule has 0 saturated heterocycles. The van der Waals surface area contributed by atoms with Crippen molar-refractivity contribution < 1.29 is 9.18 Å². The van der Waals surface area contributed by atoms with E-state index in [-0.39, 0.29) is 23.7 Å². The van der Waals surface area contributed by atoms with Crippen LogP contribution in [0.1, 0.15) is 12.2 Å². The molecule has 3 rings (SSSR count). The third-order valence-electron chi connectivity index (χ3n) is 3.85. The van der Waals surface area contributed by atoms with Crippen LogP contribution in [-0.2, 0) is 4.79 Å². The maximum absolute atomic E-state index is 13.6. The number of nitrogens with zero attached hydrogens (tertiary/aromatic N) is 2. The molecule has 4 nitrogen and oxygen atoms in total. The number of aryl methyl sites for hydroxylation is 1. The lowest BCUT2D eigenvalue weighted by molar-refractivity contribution is -0.111. The van der Waals surface area contributed by atoms with Gasteiger partial charge in [0, 0.05) is 12.0 Å². The van der Waals surface area contributed by atoms with Gasteiger partial charge in [0.05, 0.1) is 6.20 Å². The van der Waals surface area contributed by atoms with Crippen molar-refractivity contribution in [1.29, 1.82) is 0 Å². The van der Waals surface area contributed by atoms with E-state index in [0.29, 0.717) is 11.7 Å². The molecule has 1 saturated carbocycles. The van der Waals surface area contributed by atoms with Crippen LogP contribution in [0.3, 0.4) is 0 Å². The number of anilines is 1. The summed E-state index contributed by atoms with van der Waals surface area (Å²) in [7, 11) is 0. The van der Waals surface area contributed by atoms with Crippen molar-refractivity contribution in [2.45, 2.75) is 19.4 Å². The zero-order valence-electron chi connectivity index (χ0n) is 10.0. The number of halogens is 1. The molecule has 1 N–H and O–H groups in total. The van der Waals surface area contributed by atoms with Crippen molar-refractivity contribution >= 4 is 12.1 Å². The van der Waals surface area contributed by atoms with Crippen LogP contribution >= 0.6 is 0 Å². The minimum atomic E-state index is -0.475. The number of rotatable bonds is 3. The number of hydrogen-bond donors (Lipinski definition) is 1. The largest absolute Gasteiger partial charge is 0.363 e. The number of fused-ring (bicyclic) bond motifs is 2. The minimum absolute atomic E-state index is 0.0544. The lowest BCUT2D eigenvalue weighted by atomic mass is 9.90. The van der Waals surface area contributed by atoms with Crippen LogP contribution in [0.5, 0.6) is 0 Å². The number of aromatic nitrogens is 2. The Morgan fingerprint density at radius 3 is 3.00 bits per heavy atom. The van der Waals surface area contributed by atoms with E-state index in [4.69, 9.17) is 0 Å². The second-order valence-electron chi connectivity index (χ2n) is 4.95. The monoisotopic (exact) mass is 247 g/mol. The Hall–Kier alpha value is -1.78. The van der Waals surface area contributed by atoms with Gasteiger partial charge in [-0.3, -0.25) is 0 Å². The Balaban J connectivity index is 1.86. The SMILES string of the molecule is Cc1ncc(F)c(N[C@H]2[C@@H](C=O)[C@@H]3C=C[C@H]2C3)n1. The number of nitrogens with one attached hydrogen (secondary N) is 1. The third kappa shape index (κ3) is 1.70. The molecule has 0 unspecified atom stereocenters. The Kier molecular flexibility index (Phi) is 2.61. The standard InChI is InChI=1S/C13H14FN3O/c1-7-15-5-11(14)13(16-7)17-12-9-3-2-8(4-9)10(12)6-18/h2-3,5-6,8-10,12H,4H2,1H3,(H,15,16,17)/t8-,9+,10+,12-/m1/s1. The van der Waals surface area contributed by atoms with Crippen LogP contribution in [0.4, 0.5) is 10.2 Å². The van der Waals surface area contributed by atoms with Gasteiger partial charge in [0.1, 0.15) is 12.1 Å². The Morgan fingerprint density at radius 1 is 1.44 bits per heavy atom. The lowest BCUT2D eigenvalue weighted by Crippen LogP contribution is -2.34. The van der Waals surface area contributed by atoms with Crippen molar-refractivity contribution in [2.75, 3.05) is 5.32 Å². The summed E-state index contributed by atoms with van der Waals surface area (Å²) in [6, 6.07) is -0.0544. The topological polar surface area (TPSA) is 54.9 Å². The molecule has 18 heavy (non-hydrogen) atoms. The highest BCUT2D eigenvalue weighted by Crippen LogP contribution is 2.43. The molecule has 5 heteroatoms. The summed E-state index contributed by atoms with van der Waals surface area (Å²) >= 11 is 0. The normalized spacial score (nSPS) is 32.8. The highest BCUT2D eigenvalue weighted by molar-refractivity contribution is 5.60. The first-order valence-electron chi connectivity index (χ1n) is 6.08. The molecule has 1 heterocycles. The first kappa shape index (κ1) is 11.3. The second kappa shape index (κ2) is 4.15. The molecule has 1 aromatic heterocycles. The van der Waals surface area contributed by atoms with Crippen molar-refractivity contribution in [2.24, 2.45) is 17.8 Å². The van der Waals surface area contributed by atoms with Gasteiger partial charge in [-0.15, -0.1) is 0 Å². The van der Waals surface area contributed by atoms with Crippen molar-refractivity contribution in [1.82, 2.24) is 9.97 Å². The molecule has 4 atom stereocenters. The highest BCUT2D eigenvalue weighted by Gasteiger charge is 2.44. The average Bonchev–Trinajstić information content (AvgIpc) is 2.94. The van der Waals surface area contributed by atoms with Crippen molar-refractivity contribution in [3.05, 3.63) is 30.0 Å². The van der Waals surface area contributed by atoms with Crippen LogP contribution in [-0.4, -0.2) is 22.3 Å². The Bertz CT molecular complexity index is 517. The first-order chi connectivity index (χ1) is 8.69. The van der Waals surface area contributed by atoms with Crippen LogP contribution in [0.25, 0.3) is 0 Å². The Morgan fingerprint density at radius 2 is 2.22 bits per heavy atom. The average molecular weight is 247 g/mol. The van der Waals surface area contributed by atoms with Gasteiger partial charge in [-0.25, -0.2) is 14.4 Å². The predicted octanol–water partition coefficient (Wildman–Crippen LogP) is 1.73. The minimum Gasteiger partial charge on any atom is -0.363 e. The molecule has 2 bridgehead atoms. The van der Waals surface area contributed by atoms with Gasteiger partial charge in [0.15, 0.2) is 11.6 Å². The molecule has 0 radical (unpaired) electrons. The molecule has 0 spiro atoms. The molecular formula is C13H14FN3O. The molecule has 1 aromatic rings. The number of allylic oxidation sites excluding steroid dienone is 1. The zero-order chi connectivity index (χ0) is 12.7. The fraction of sp³-hybridized carbons (Fsp3) is 0.462. The smallest absolute Gasteiger partial charge is 0.183 e. The van der Waals surface area contributed by atoms with E-state index in [0.717, 1.165) is 18.9 Å². The number of hydrogen-bond acceptors (Lipinski definition) is 4. The third-order valence-corrected chi connectivity index (χ3v) is 3.85. The quantitative estimate of drug-likeness (QED) is 0.652. The lowest BCUT2D eigenvalue weighted by Gasteiger charge is -2.25. The molecule has 0 aliphatic heterocycles. The van der Waals surface area contributed by atoms with Crippen LogP contribution < -0.4 is 5.32 Å². The van der Waals surface area contributed by atoms with Crippen LogP contribution in [0.15, 0.2) is 18.3 Å². The van der Waals surface area contributed by atoms with Crippen molar-refractivity contribution in [3.63, 3.8) is 0 Å². The van der Waals surface area contributed by atoms with Crippen LogP contribution in [0, 0.1) is 30.5 Å². The zero-order valence-corrected chi connectivity index (χ0v) is 10.0. The van der Waals surface area contributed by atoms with E-state index in [1.165, 1.54) is 0 Å². The molecular weight excluding hydrogens is 233 g/mol. The molecule has 94 valence electrons. The molecule has 2 aliphatic rings. The molecule has 0 aromatic carbocycles. The van der Waals surface area contributed by atoms with E-state index in [1.807, 2.05) is 0 Å². The first-order valence-corrected chi connectivity index (χ1v) is 6.08. The maximum atomic E-state index is 13.6. The predicted molar refractivity (Wildman–Crippen MR) is 64.4 cm³/mol. The summed E-state index contributed by atoms with van der Waals surface area (Å²) < 4.78 is 13.6. The molecule has 2 aliphatic carbocycles. The fourth-order valence-electron chi connectivity index (χ4n) is 2.96. The summed E-state index contributed by atoms with van der Waals surface area (Å²) in [6.07, 6.45) is 7.28. The highest BCUT2D eigenvalue weighted by atomic mass is 19.1. The summed E-state index contributed by atoms with van der Waals surface area (Å²) in [5.74, 6) is 0.725. The molecule has 0 amide bonds. The van der Waals surface area contributed by atoms with Gasteiger partial charge < -0.3 is 10.1 Å². The van der Waals surface area contributed by atoms with Gasteiger partial charge >= 0.3 is 0 Å². The summed E-state index contributed by atoms with van der Waals surface area (Å²) in [5, 5.41) is 3.07. The molecule has 1 fully saturated rings.